The standard InChI is InChI=1S/C26H22FN3O2S/c1-17(20-12-11-19-7-3-4-8-21(19)15-20)28-25(32)14-13-22-16-33-26(29-22)30(18(2)31)24-10-6-5-9-23(24)27/h3-17H,1-2H3,(H,28,32)/b14-13+. The van der Waals surface area contributed by atoms with Crippen LogP contribution < -0.4 is 10.2 Å². The van der Waals surface area contributed by atoms with Crippen molar-refractivity contribution in [3.05, 3.63) is 95.3 Å². The number of rotatable bonds is 6. The molecule has 3 aromatic carbocycles. The van der Waals surface area contributed by atoms with Crippen LogP contribution in [0.4, 0.5) is 15.2 Å². The van der Waals surface area contributed by atoms with Gasteiger partial charge in [-0.15, -0.1) is 11.3 Å². The van der Waals surface area contributed by atoms with Gasteiger partial charge in [0, 0.05) is 18.4 Å². The number of hydrogen-bond donors (Lipinski definition) is 1. The number of thiazole rings is 1. The van der Waals surface area contributed by atoms with Crippen molar-refractivity contribution in [3.63, 3.8) is 0 Å². The van der Waals surface area contributed by atoms with Crippen LogP contribution in [0.3, 0.4) is 0 Å². The Balaban J connectivity index is 1.45. The molecule has 2 amide bonds. The van der Waals surface area contributed by atoms with Crippen LogP contribution in [0, 0.1) is 5.82 Å². The number of anilines is 2. The minimum atomic E-state index is -0.512. The molecule has 0 aliphatic rings. The molecule has 0 radical (unpaired) electrons. The highest BCUT2D eigenvalue weighted by Crippen LogP contribution is 2.31. The van der Waals surface area contributed by atoms with Gasteiger partial charge in [-0.2, -0.15) is 0 Å². The number of nitrogens with one attached hydrogen (secondary N) is 1. The van der Waals surface area contributed by atoms with Crippen LogP contribution in [-0.4, -0.2) is 16.8 Å². The maximum atomic E-state index is 14.2. The summed E-state index contributed by atoms with van der Waals surface area (Å²) in [5.74, 6) is -1.13. The van der Waals surface area contributed by atoms with Gasteiger partial charge < -0.3 is 5.32 Å². The normalized spacial score (nSPS) is 12.1. The lowest BCUT2D eigenvalue weighted by atomic mass is 10.0. The Labute approximate surface area is 195 Å². The van der Waals surface area contributed by atoms with Gasteiger partial charge in [-0.25, -0.2) is 9.37 Å². The number of para-hydroxylation sites is 1. The van der Waals surface area contributed by atoms with Crippen LogP contribution in [0.25, 0.3) is 16.8 Å². The summed E-state index contributed by atoms with van der Waals surface area (Å²) in [4.78, 5) is 30.2. The molecule has 1 N–H and O–H groups in total. The molecule has 1 heterocycles. The smallest absolute Gasteiger partial charge is 0.244 e. The molecule has 1 aromatic heterocycles. The fourth-order valence-corrected chi connectivity index (χ4v) is 4.33. The van der Waals surface area contributed by atoms with E-state index in [9.17, 15) is 14.0 Å². The zero-order valence-corrected chi connectivity index (χ0v) is 19.0. The first-order valence-corrected chi connectivity index (χ1v) is 11.3. The highest BCUT2D eigenvalue weighted by Gasteiger charge is 2.20. The minimum absolute atomic E-state index is 0.136. The van der Waals surface area contributed by atoms with Gasteiger partial charge in [0.15, 0.2) is 5.13 Å². The fraction of sp³-hybridized carbons (Fsp3) is 0.115. The molecular weight excluding hydrogens is 437 g/mol. The number of carbonyl (C=O) groups is 2. The van der Waals surface area contributed by atoms with Crippen molar-refractivity contribution < 1.29 is 14.0 Å². The monoisotopic (exact) mass is 459 g/mol. The third-order valence-electron chi connectivity index (χ3n) is 5.15. The first-order chi connectivity index (χ1) is 15.9. The van der Waals surface area contributed by atoms with Crippen molar-refractivity contribution >= 4 is 50.8 Å². The van der Waals surface area contributed by atoms with Crippen LogP contribution in [0.2, 0.25) is 0 Å². The lowest BCUT2D eigenvalue weighted by molar-refractivity contribution is -0.117. The van der Waals surface area contributed by atoms with Gasteiger partial charge in [-0.1, -0.05) is 48.5 Å². The number of benzene rings is 3. The van der Waals surface area contributed by atoms with Crippen LogP contribution in [0.15, 0.2) is 78.2 Å². The number of halogens is 1. The highest BCUT2D eigenvalue weighted by atomic mass is 32.1. The molecule has 0 aliphatic carbocycles. The summed E-state index contributed by atoms with van der Waals surface area (Å²) in [6.45, 7) is 3.28. The lowest BCUT2D eigenvalue weighted by Crippen LogP contribution is -2.24. The number of nitrogens with zero attached hydrogens (tertiary/aromatic N) is 2. The molecule has 0 bridgehead atoms. The van der Waals surface area contributed by atoms with Crippen LogP contribution in [-0.2, 0) is 9.59 Å². The molecule has 166 valence electrons. The maximum Gasteiger partial charge on any atom is 0.244 e. The molecule has 0 aliphatic heterocycles. The summed E-state index contributed by atoms with van der Waals surface area (Å²) in [5, 5.41) is 7.25. The number of hydrogen-bond acceptors (Lipinski definition) is 4. The first-order valence-electron chi connectivity index (χ1n) is 10.4. The average Bonchev–Trinajstić information content (AvgIpc) is 3.27. The van der Waals surface area contributed by atoms with Crippen molar-refractivity contribution in [3.8, 4) is 0 Å². The quantitative estimate of drug-likeness (QED) is 0.359. The second kappa shape index (κ2) is 9.75. The minimum Gasteiger partial charge on any atom is -0.346 e. The fourth-order valence-electron chi connectivity index (χ4n) is 3.48. The van der Waals surface area contributed by atoms with Crippen LogP contribution in [0.5, 0.6) is 0 Å². The summed E-state index contributed by atoms with van der Waals surface area (Å²) >= 11 is 1.20. The lowest BCUT2D eigenvalue weighted by Gasteiger charge is -2.18. The van der Waals surface area contributed by atoms with Gasteiger partial charge in [0.25, 0.3) is 0 Å². The third kappa shape index (κ3) is 5.15. The molecular formula is C26H22FN3O2S. The van der Waals surface area contributed by atoms with E-state index < -0.39 is 5.82 Å². The molecule has 0 saturated carbocycles. The number of amides is 2. The maximum absolute atomic E-state index is 14.2. The molecule has 0 saturated heterocycles. The molecule has 5 nitrogen and oxygen atoms in total. The Morgan fingerprint density at radius 3 is 2.55 bits per heavy atom. The summed E-state index contributed by atoms with van der Waals surface area (Å²) in [6, 6.07) is 20.0. The number of aromatic nitrogens is 1. The van der Waals surface area contributed by atoms with Crippen molar-refractivity contribution in [1.82, 2.24) is 10.3 Å². The molecule has 1 unspecified atom stereocenters. The van der Waals surface area contributed by atoms with Gasteiger partial charge in [0.2, 0.25) is 11.8 Å². The summed E-state index contributed by atoms with van der Waals surface area (Å²) in [5.41, 5.74) is 1.65. The van der Waals surface area contributed by atoms with E-state index in [2.05, 4.69) is 16.4 Å². The summed E-state index contributed by atoms with van der Waals surface area (Å²) in [7, 11) is 0. The molecule has 33 heavy (non-hydrogen) atoms. The van der Waals surface area contributed by atoms with Gasteiger partial charge in [-0.05, 0) is 47.5 Å². The van der Waals surface area contributed by atoms with E-state index in [1.54, 1.807) is 23.6 Å². The number of fused-ring (bicyclic) bond motifs is 1. The Kier molecular flexibility index (Phi) is 6.60. The second-order valence-electron chi connectivity index (χ2n) is 7.53. The predicted octanol–water partition coefficient (Wildman–Crippen LogP) is 6.01. The Hall–Kier alpha value is -3.84. The molecule has 1 atom stereocenters. The van der Waals surface area contributed by atoms with E-state index in [0.29, 0.717) is 10.8 Å². The number of carbonyl (C=O) groups excluding carboxylic acids is 2. The Morgan fingerprint density at radius 1 is 1.06 bits per heavy atom. The van der Waals surface area contributed by atoms with Crippen molar-refractivity contribution in [2.24, 2.45) is 0 Å². The summed E-state index contributed by atoms with van der Waals surface area (Å²) < 4.78 is 14.2. The summed E-state index contributed by atoms with van der Waals surface area (Å²) in [6.07, 6.45) is 2.97. The molecule has 4 aromatic rings. The first kappa shape index (κ1) is 22.4. The van der Waals surface area contributed by atoms with E-state index in [1.807, 2.05) is 43.3 Å². The Morgan fingerprint density at radius 2 is 1.79 bits per heavy atom. The molecule has 0 fully saturated rings. The third-order valence-corrected chi connectivity index (χ3v) is 5.99. The largest absolute Gasteiger partial charge is 0.346 e. The van der Waals surface area contributed by atoms with Crippen molar-refractivity contribution in [2.45, 2.75) is 19.9 Å². The average molecular weight is 460 g/mol. The SMILES string of the molecule is CC(=O)N(c1nc(/C=C/C(=O)NC(C)c2ccc3ccccc3c2)cs1)c1ccccc1F. The molecule has 7 heteroatoms. The highest BCUT2D eigenvalue weighted by molar-refractivity contribution is 7.14. The van der Waals surface area contributed by atoms with Crippen LogP contribution >= 0.6 is 11.3 Å². The van der Waals surface area contributed by atoms with Gasteiger partial charge in [0.1, 0.15) is 5.82 Å². The Bertz CT molecular complexity index is 1350. The predicted molar refractivity (Wildman–Crippen MR) is 131 cm³/mol. The van der Waals surface area contributed by atoms with Gasteiger partial charge in [-0.3, -0.25) is 14.5 Å². The van der Waals surface area contributed by atoms with Crippen molar-refractivity contribution in [2.75, 3.05) is 4.90 Å². The second-order valence-corrected chi connectivity index (χ2v) is 8.37. The van der Waals surface area contributed by atoms with E-state index in [4.69, 9.17) is 0 Å². The van der Waals surface area contributed by atoms with E-state index in [1.165, 1.54) is 41.4 Å². The van der Waals surface area contributed by atoms with Crippen molar-refractivity contribution in [1.29, 1.82) is 0 Å². The van der Waals surface area contributed by atoms with E-state index in [-0.39, 0.29) is 23.5 Å². The van der Waals surface area contributed by atoms with E-state index >= 15 is 0 Å². The molecule has 0 spiro atoms. The zero-order chi connectivity index (χ0) is 23.4. The zero-order valence-electron chi connectivity index (χ0n) is 18.2. The van der Waals surface area contributed by atoms with Gasteiger partial charge in [0.05, 0.1) is 17.4 Å². The van der Waals surface area contributed by atoms with Crippen LogP contribution in [0.1, 0.15) is 31.1 Å². The van der Waals surface area contributed by atoms with E-state index in [0.717, 1.165) is 16.3 Å². The topological polar surface area (TPSA) is 62.3 Å². The van der Waals surface area contributed by atoms with Gasteiger partial charge >= 0.3 is 0 Å². The molecule has 4 rings (SSSR count).